The lowest BCUT2D eigenvalue weighted by Gasteiger charge is -2.45. The second kappa shape index (κ2) is 3.81. The van der Waals surface area contributed by atoms with Crippen molar-refractivity contribution in [2.24, 2.45) is 16.7 Å². The van der Waals surface area contributed by atoms with E-state index >= 15 is 0 Å². The molecular weight excluding hydrogens is 144 g/mol. The molecule has 0 aromatic rings. The summed E-state index contributed by atoms with van der Waals surface area (Å²) in [5, 5.41) is 0. The maximum Gasteiger partial charge on any atom is -0.0277 e. The molecule has 0 fully saturated rings. The van der Waals surface area contributed by atoms with Gasteiger partial charge < -0.3 is 0 Å². The van der Waals surface area contributed by atoms with Gasteiger partial charge in [-0.2, -0.15) is 0 Å². The van der Waals surface area contributed by atoms with Crippen molar-refractivity contribution in [3.63, 3.8) is 0 Å². The van der Waals surface area contributed by atoms with Crippen LogP contribution in [-0.4, -0.2) is 0 Å². The monoisotopic (exact) mass is 169 g/mol. The first-order chi connectivity index (χ1) is 5.25. The van der Waals surface area contributed by atoms with Gasteiger partial charge in [0.1, 0.15) is 0 Å². The molecule has 0 amide bonds. The molecule has 0 aromatic heterocycles. The highest BCUT2D eigenvalue weighted by atomic mass is 14.4. The Balaban J connectivity index is 4.50. The van der Waals surface area contributed by atoms with Crippen molar-refractivity contribution < 1.29 is 0 Å². The average molecular weight is 169 g/mol. The van der Waals surface area contributed by atoms with Crippen molar-refractivity contribution in [1.29, 1.82) is 0 Å². The Kier molecular flexibility index (Phi) is 3.81. The average Bonchev–Trinajstić information content (AvgIpc) is 1.86. The Hall–Kier alpha value is 0. The zero-order valence-electron chi connectivity index (χ0n) is 9.70. The smallest absolute Gasteiger partial charge is 0.0277 e. The van der Waals surface area contributed by atoms with Crippen LogP contribution < -0.4 is 0 Å². The molecule has 0 saturated heterocycles. The molecule has 1 atom stereocenters. The van der Waals surface area contributed by atoms with Gasteiger partial charge in [-0.05, 0) is 30.1 Å². The van der Waals surface area contributed by atoms with Gasteiger partial charge in [0, 0.05) is 0 Å². The standard InChI is InChI=1S/C12H25/c1-8-9-11(4,5)12(6,7)10(2)3/h10H,2,8-9H2,1,3-7H3. The first-order valence-electron chi connectivity index (χ1n) is 5.08. The first-order valence-corrected chi connectivity index (χ1v) is 5.08. The zero-order chi connectivity index (χ0) is 9.99. The van der Waals surface area contributed by atoms with E-state index in [2.05, 4.69) is 48.5 Å². The third-order valence-corrected chi connectivity index (χ3v) is 3.85. The maximum atomic E-state index is 4.16. The molecule has 0 aliphatic carbocycles. The van der Waals surface area contributed by atoms with Crippen LogP contribution in [0.3, 0.4) is 0 Å². The topological polar surface area (TPSA) is 0 Å². The van der Waals surface area contributed by atoms with Crippen LogP contribution in [0.1, 0.15) is 54.4 Å². The van der Waals surface area contributed by atoms with Crippen LogP contribution in [0.4, 0.5) is 0 Å². The predicted octanol–water partition coefficient (Wildman–Crippen LogP) is 4.31. The highest BCUT2D eigenvalue weighted by Crippen LogP contribution is 2.46. The lowest BCUT2D eigenvalue weighted by Crippen LogP contribution is -2.36. The molecule has 0 aliphatic heterocycles. The van der Waals surface area contributed by atoms with E-state index in [1.165, 1.54) is 12.8 Å². The molecule has 0 saturated carbocycles. The van der Waals surface area contributed by atoms with E-state index in [0.29, 0.717) is 16.7 Å². The molecule has 0 aromatic carbocycles. The molecule has 0 rings (SSSR count). The van der Waals surface area contributed by atoms with Gasteiger partial charge in [-0.3, -0.25) is 0 Å². The predicted molar refractivity (Wildman–Crippen MR) is 57.0 cm³/mol. The van der Waals surface area contributed by atoms with Gasteiger partial charge in [-0.15, -0.1) is 0 Å². The molecule has 0 spiro atoms. The summed E-state index contributed by atoms with van der Waals surface area (Å²) in [5.41, 5.74) is 0.742. The second-order valence-corrected chi connectivity index (χ2v) is 5.26. The minimum atomic E-state index is 0.336. The molecule has 12 heavy (non-hydrogen) atoms. The van der Waals surface area contributed by atoms with Gasteiger partial charge >= 0.3 is 0 Å². The summed E-state index contributed by atoms with van der Waals surface area (Å²) in [4.78, 5) is 0. The minimum absolute atomic E-state index is 0.336. The Morgan fingerprint density at radius 2 is 1.58 bits per heavy atom. The molecule has 0 heteroatoms. The Bertz CT molecular complexity index is 129. The van der Waals surface area contributed by atoms with Crippen LogP contribution in [0.2, 0.25) is 0 Å². The fraction of sp³-hybridized carbons (Fsp3) is 0.917. The summed E-state index contributed by atoms with van der Waals surface area (Å²) in [6, 6.07) is 0. The summed E-state index contributed by atoms with van der Waals surface area (Å²) in [5.74, 6) is 0.513. The maximum absolute atomic E-state index is 4.16. The zero-order valence-corrected chi connectivity index (χ0v) is 9.70. The molecular formula is C12H25. The Morgan fingerprint density at radius 1 is 1.17 bits per heavy atom. The van der Waals surface area contributed by atoms with Gasteiger partial charge in [0.25, 0.3) is 0 Å². The summed E-state index contributed by atoms with van der Waals surface area (Å²) < 4.78 is 0. The molecule has 0 nitrogen and oxygen atoms in total. The van der Waals surface area contributed by atoms with E-state index in [0.717, 1.165) is 0 Å². The van der Waals surface area contributed by atoms with Crippen molar-refractivity contribution in [3.05, 3.63) is 6.92 Å². The van der Waals surface area contributed by atoms with Gasteiger partial charge in [-0.25, -0.2) is 0 Å². The van der Waals surface area contributed by atoms with Crippen molar-refractivity contribution in [1.82, 2.24) is 0 Å². The molecule has 0 heterocycles. The quantitative estimate of drug-likeness (QED) is 0.588. The normalized spacial score (nSPS) is 14.0. The first kappa shape index (κ1) is 12.0. The lowest BCUT2D eigenvalue weighted by atomic mass is 9.60. The second-order valence-electron chi connectivity index (χ2n) is 5.26. The third-order valence-electron chi connectivity index (χ3n) is 3.85. The van der Waals surface area contributed by atoms with Crippen molar-refractivity contribution in [2.45, 2.75) is 54.4 Å². The van der Waals surface area contributed by atoms with E-state index in [-0.39, 0.29) is 0 Å². The SMILES string of the molecule is [CH2]C(C)C(C)(C)C(C)(C)CCC. The number of hydrogen-bond acceptors (Lipinski definition) is 0. The number of hydrogen-bond donors (Lipinski definition) is 0. The van der Waals surface area contributed by atoms with Gasteiger partial charge in [0.15, 0.2) is 0 Å². The van der Waals surface area contributed by atoms with E-state index in [4.69, 9.17) is 0 Å². The summed E-state index contributed by atoms with van der Waals surface area (Å²) in [6.45, 7) is 18.0. The summed E-state index contributed by atoms with van der Waals surface area (Å²) in [6.07, 6.45) is 2.56. The van der Waals surface area contributed by atoms with Crippen molar-refractivity contribution >= 4 is 0 Å². The van der Waals surface area contributed by atoms with Crippen LogP contribution in [0.15, 0.2) is 0 Å². The molecule has 0 N–H and O–H groups in total. The summed E-state index contributed by atoms with van der Waals surface area (Å²) in [7, 11) is 0. The Labute approximate surface area is 78.8 Å². The molecule has 1 radical (unpaired) electrons. The van der Waals surface area contributed by atoms with Gasteiger partial charge in [-0.1, -0.05) is 48.0 Å². The number of rotatable bonds is 4. The molecule has 0 aliphatic rings. The highest BCUT2D eigenvalue weighted by Gasteiger charge is 2.38. The van der Waals surface area contributed by atoms with Crippen molar-refractivity contribution in [3.8, 4) is 0 Å². The lowest BCUT2D eigenvalue weighted by molar-refractivity contribution is 0.0579. The fourth-order valence-corrected chi connectivity index (χ4v) is 1.61. The highest BCUT2D eigenvalue weighted by molar-refractivity contribution is 4.90. The minimum Gasteiger partial charge on any atom is -0.0654 e. The van der Waals surface area contributed by atoms with Crippen LogP contribution in [0.25, 0.3) is 0 Å². The van der Waals surface area contributed by atoms with Crippen LogP contribution in [0.5, 0.6) is 0 Å². The molecule has 1 unspecified atom stereocenters. The van der Waals surface area contributed by atoms with E-state index < -0.39 is 0 Å². The largest absolute Gasteiger partial charge is 0.0654 e. The van der Waals surface area contributed by atoms with E-state index in [1.807, 2.05) is 0 Å². The Morgan fingerprint density at radius 3 is 1.83 bits per heavy atom. The molecule has 0 bridgehead atoms. The van der Waals surface area contributed by atoms with E-state index in [1.54, 1.807) is 0 Å². The molecule has 73 valence electrons. The third kappa shape index (κ3) is 2.24. The van der Waals surface area contributed by atoms with Crippen LogP contribution in [-0.2, 0) is 0 Å². The fourth-order valence-electron chi connectivity index (χ4n) is 1.61. The summed E-state index contributed by atoms with van der Waals surface area (Å²) >= 11 is 0. The van der Waals surface area contributed by atoms with Crippen molar-refractivity contribution in [2.75, 3.05) is 0 Å². The van der Waals surface area contributed by atoms with Gasteiger partial charge in [0.05, 0.1) is 0 Å². The van der Waals surface area contributed by atoms with Crippen LogP contribution >= 0.6 is 0 Å². The van der Waals surface area contributed by atoms with Crippen LogP contribution in [0, 0.1) is 23.7 Å². The van der Waals surface area contributed by atoms with Gasteiger partial charge in [0.2, 0.25) is 0 Å². The van der Waals surface area contributed by atoms with E-state index in [9.17, 15) is 0 Å².